The predicted octanol–water partition coefficient (Wildman–Crippen LogP) is 0.863. The molecule has 1 aliphatic heterocycles. The summed E-state index contributed by atoms with van der Waals surface area (Å²) < 4.78 is 5.73. The van der Waals surface area contributed by atoms with Crippen LogP contribution < -0.4 is 26.4 Å². The van der Waals surface area contributed by atoms with Crippen molar-refractivity contribution in [1.82, 2.24) is 16.0 Å². The Morgan fingerprint density at radius 2 is 1.71 bits per heavy atom. The van der Waals surface area contributed by atoms with E-state index in [9.17, 15) is 14.4 Å². The van der Waals surface area contributed by atoms with Crippen LogP contribution >= 0.6 is 0 Å². The topological polar surface area (TPSA) is 123 Å². The van der Waals surface area contributed by atoms with Crippen molar-refractivity contribution >= 4 is 17.7 Å². The highest BCUT2D eigenvalue weighted by molar-refractivity contribution is 5.95. The fraction of sp³-hybridized carbons (Fsp3) is 0.348. The van der Waals surface area contributed by atoms with Crippen molar-refractivity contribution in [1.29, 1.82) is 0 Å². The van der Waals surface area contributed by atoms with Crippen LogP contribution in [0.25, 0.3) is 0 Å². The molecular formula is C23H28N4O4. The lowest BCUT2D eigenvalue weighted by Gasteiger charge is -2.37. The van der Waals surface area contributed by atoms with Crippen LogP contribution in [0.2, 0.25) is 0 Å². The van der Waals surface area contributed by atoms with Gasteiger partial charge in [-0.2, -0.15) is 0 Å². The first-order valence-corrected chi connectivity index (χ1v) is 10.4. The second kappa shape index (κ2) is 11.1. The number of carbonyl (C=O) groups is 3. The van der Waals surface area contributed by atoms with Gasteiger partial charge in [-0.25, -0.2) is 0 Å². The molecule has 1 saturated heterocycles. The fourth-order valence-corrected chi connectivity index (χ4v) is 3.25. The second-order valence-electron chi connectivity index (χ2n) is 7.40. The lowest BCUT2D eigenvalue weighted by atomic mass is 10.0. The fourth-order valence-electron chi connectivity index (χ4n) is 3.25. The van der Waals surface area contributed by atoms with Gasteiger partial charge in [0.25, 0.3) is 5.91 Å². The number of carbonyl (C=O) groups excluding carboxylic acids is 3. The second-order valence-corrected chi connectivity index (χ2v) is 7.40. The molecule has 0 aliphatic carbocycles. The zero-order valence-electron chi connectivity index (χ0n) is 17.3. The molecule has 0 bridgehead atoms. The van der Waals surface area contributed by atoms with Gasteiger partial charge in [-0.15, -0.1) is 0 Å². The van der Waals surface area contributed by atoms with Gasteiger partial charge >= 0.3 is 0 Å². The first kappa shape index (κ1) is 22.3. The quantitative estimate of drug-likeness (QED) is 0.315. The first-order valence-electron chi connectivity index (χ1n) is 10.4. The van der Waals surface area contributed by atoms with E-state index in [0.717, 1.165) is 12.0 Å². The Labute approximate surface area is 181 Å². The van der Waals surface area contributed by atoms with Crippen LogP contribution in [0.3, 0.4) is 0 Å². The highest BCUT2D eigenvalue weighted by Gasteiger charge is 2.43. The number of benzene rings is 2. The number of hydrogen-bond acceptors (Lipinski definition) is 5. The minimum Gasteiger partial charge on any atom is -0.468 e. The number of unbranched alkanes of at least 4 members (excludes halogenated alkanes) is 1. The van der Waals surface area contributed by atoms with Crippen LogP contribution in [0.15, 0.2) is 60.7 Å². The molecule has 3 amide bonds. The molecule has 8 nitrogen and oxygen atoms in total. The number of nitrogens with two attached hydrogens (primary N) is 1. The third-order valence-corrected chi connectivity index (χ3v) is 4.97. The standard InChI is InChI=1S/C23H28N4O4/c24-14-8-7-13-19(28)25-18(15-16-9-3-1-4-10-16)21(29)26-20-22(30)27-23(20)31-17-11-5-2-6-12-17/h1-6,9-12,18,20,23H,7-8,13-15,24H2,(H,25,28)(H,26,29)(H,27,30)/t18-,20+,23-/m0/s1. The van der Waals surface area contributed by atoms with Crippen molar-refractivity contribution < 1.29 is 19.1 Å². The number of β-lactam (4-membered cyclic amide) rings is 1. The molecule has 0 aromatic heterocycles. The molecule has 5 N–H and O–H groups in total. The Morgan fingerprint density at radius 1 is 1.03 bits per heavy atom. The average Bonchev–Trinajstić information content (AvgIpc) is 2.78. The molecule has 31 heavy (non-hydrogen) atoms. The lowest BCUT2D eigenvalue weighted by molar-refractivity contribution is -0.144. The molecule has 0 unspecified atom stereocenters. The Bertz CT molecular complexity index is 876. The van der Waals surface area contributed by atoms with Gasteiger partial charge in [0, 0.05) is 12.8 Å². The monoisotopic (exact) mass is 424 g/mol. The van der Waals surface area contributed by atoms with Crippen molar-refractivity contribution in [3.8, 4) is 5.75 Å². The number of hydrogen-bond donors (Lipinski definition) is 4. The normalized spacial score (nSPS) is 18.3. The molecule has 3 rings (SSSR count). The van der Waals surface area contributed by atoms with E-state index in [2.05, 4.69) is 16.0 Å². The summed E-state index contributed by atoms with van der Waals surface area (Å²) in [5.74, 6) is -0.403. The van der Waals surface area contributed by atoms with Crippen LogP contribution in [-0.4, -0.2) is 42.6 Å². The van der Waals surface area contributed by atoms with Crippen molar-refractivity contribution in [2.24, 2.45) is 5.73 Å². The molecule has 1 fully saturated rings. The van der Waals surface area contributed by atoms with Crippen LogP contribution in [0.5, 0.6) is 5.75 Å². The summed E-state index contributed by atoms with van der Waals surface area (Å²) in [4.78, 5) is 37.3. The third-order valence-electron chi connectivity index (χ3n) is 4.97. The highest BCUT2D eigenvalue weighted by Crippen LogP contribution is 2.16. The number of ether oxygens (including phenoxy) is 1. The largest absolute Gasteiger partial charge is 0.468 e. The minimum atomic E-state index is -0.833. The van der Waals surface area contributed by atoms with E-state index in [1.807, 2.05) is 48.5 Å². The molecule has 0 radical (unpaired) electrons. The van der Waals surface area contributed by atoms with E-state index in [-0.39, 0.29) is 11.8 Å². The number of rotatable bonds is 11. The van der Waals surface area contributed by atoms with Gasteiger partial charge in [-0.05, 0) is 37.1 Å². The van der Waals surface area contributed by atoms with Gasteiger partial charge in [-0.1, -0.05) is 48.5 Å². The van der Waals surface area contributed by atoms with Gasteiger partial charge in [-0.3, -0.25) is 14.4 Å². The molecular weight excluding hydrogens is 396 g/mol. The molecule has 2 aromatic carbocycles. The number of nitrogens with one attached hydrogen (secondary N) is 3. The maximum atomic E-state index is 13.0. The maximum absolute atomic E-state index is 13.0. The Hall–Kier alpha value is -3.39. The summed E-state index contributed by atoms with van der Waals surface area (Å²) in [5.41, 5.74) is 6.38. The zero-order valence-corrected chi connectivity index (χ0v) is 17.3. The molecule has 164 valence electrons. The molecule has 1 heterocycles. The molecule has 0 spiro atoms. The summed E-state index contributed by atoms with van der Waals surface area (Å²) in [7, 11) is 0. The first-order chi connectivity index (χ1) is 15.1. The molecule has 2 aromatic rings. The van der Waals surface area contributed by atoms with E-state index in [1.54, 1.807) is 12.1 Å². The van der Waals surface area contributed by atoms with Crippen LogP contribution in [0.1, 0.15) is 24.8 Å². The van der Waals surface area contributed by atoms with Gasteiger partial charge in [0.15, 0.2) is 6.04 Å². The van der Waals surface area contributed by atoms with E-state index in [1.165, 1.54) is 0 Å². The Balaban J connectivity index is 1.63. The lowest BCUT2D eigenvalue weighted by Crippen LogP contribution is -2.72. The smallest absolute Gasteiger partial charge is 0.251 e. The zero-order chi connectivity index (χ0) is 22.1. The van der Waals surface area contributed by atoms with E-state index >= 15 is 0 Å². The van der Waals surface area contributed by atoms with E-state index in [0.29, 0.717) is 31.6 Å². The van der Waals surface area contributed by atoms with Gasteiger partial charge in [0.05, 0.1) is 0 Å². The van der Waals surface area contributed by atoms with Gasteiger partial charge in [0.1, 0.15) is 11.8 Å². The Kier molecular flexibility index (Phi) is 8.00. The summed E-state index contributed by atoms with van der Waals surface area (Å²) in [6.07, 6.45) is 1.33. The average molecular weight is 425 g/mol. The summed E-state index contributed by atoms with van der Waals surface area (Å²) in [6.45, 7) is 0.515. The van der Waals surface area contributed by atoms with E-state index in [4.69, 9.17) is 10.5 Å². The third kappa shape index (κ3) is 6.55. The summed E-state index contributed by atoms with van der Waals surface area (Å²) in [6, 6.07) is 16.8. The van der Waals surface area contributed by atoms with Gasteiger partial charge in [0.2, 0.25) is 18.0 Å². The summed E-state index contributed by atoms with van der Waals surface area (Å²) >= 11 is 0. The molecule has 8 heteroatoms. The van der Waals surface area contributed by atoms with Crippen molar-refractivity contribution in [2.45, 2.75) is 44.0 Å². The maximum Gasteiger partial charge on any atom is 0.251 e. The molecule has 0 saturated carbocycles. The van der Waals surface area contributed by atoms with Crippen LogP contribution in [-0.2, 0) is 20.8 Å². The predicted molar refractivity (Wildman–Crippen MR) is 116 cm³/mol. The molecule has 1 aliphatic rings. The van der Waals surface area contributed by atoms with Gasteiger partial charge < -0.3 is 26.4 Å². The van der Waals surface area contributed by atoms with Crippen LogP contribution in [0, 0.1) is 0 Å². The minimum absolute atomic E-state index is 0.223. The van der Waals surface area contributed by atoms with Crippen molar-refractivity contribution in [3.63, 3.8) is 0 Å². The van der Waals surface area contributed by atoms with E-state index < -0.39 is 24.2 Å². The van der Waals surface area contributed by atoms with Crippen molar-refractivity contribution in [3.05, 3.63) is 66.2 Å². The summed E-state index contributed by atoms with van der Waals surface area (Å²) in [5, 5.41) is 8.15. The number of para-hydroxylation sites is 1. The number of amides is 3. The molecule has 3 atom stereocenters. The Morgan fingerprint density at radius 3 is 2.35 bits per heavy atom. The SMILES string of the molecule is NCCCCC(=O)N[C@@H](Cc1ccccc1)C(=O)N[C@@H]1C(=O)N[C@H]1Oc1ccccc1. The van der Waals surface area contributed by atoms with Crippen LogP contribution in [0.4, 0.5) is 0 Å². The highest BCUT2D eigenvalue weighted by atomic mass is 16.5. The van der Waals surface area contributed by atoms with Crippen molar-refractivity contribution in [2.75, 3.05) is 6.54 Å².